The maximum Gasteiger partial charge on any atom is 0.240 e. The quantitative estimate of drug-likeness (QED) is 0.568. The number of hydrogen-bond donors (Lipinski definition) is 1. The monoisotopic (exact) mass is 205 g/mol. The summed E-state index contributed by atoms with van der Waals surface area (Å²) in [5.41, 5.74) is 0.488. The summed E-state index contributed by atoms with van der Waals surface area (Å²) < 4.78 is 1.55. The third-order valence-corrected chi connectivity index (χ3v) is 1.87. The molecular weight excluding hydrogens is 194 g/mol. The van der Waals surface area contributed by atoms with Gasteiger partial charge in [-0.3, -0.25) is 9.59 Å². The predicted molar refractivity (Wildman–Crippen MR) is 53.1 cm³/mol. The minimum Gasteiger partial charge on any atom is -0.341 e. The smallest absolute Gasteiger partial charge is 0.240 e. The molecule has 0 unspecified atom stereocenters. The molecule has 0 aliphatic heterocycles. The number of hydrogen-bond acceptors (Lipinski definition) is 3. The standard InChI is InChI=1S/C10H11N3O2/c1-8(14)9-3-2-6-13(9)7-10(15)12-5-4-11/h2-3,6H,5,7H2,1H3,(H,12,15). The maximum absolute atomic E-state index is 11.2. The molecule has 1 aromatic heterocycles. The van der Waals surface area contributed by atoms with Crippen LogP contribution in [-0.2, 0) is 11.3 Å². The van der Waals surface area contributed by atoms with Crippen molar-refractivity contribution >= 4 is 11.7 Å². The van der Waals surface area contributed by atoms with Gasteiger partial charge in [-0.25, -0.2) is 0 Å². The lowest BCUT2D eigenvalue weighted by molar-refractivity contribution is -0.121. The summed E-state index contributed by atoms with van der Waals surface area (Å²) in [6, 6.07) is 5.16. The van der Waals surface area contributed by atoms with E-state index in [0.717, 1.165) is 0 Å². The summed E-state index contributed by atoms with van der Waals surface area (Å²) in [7, 11) is 0. The molecule has 0 saturated heterocycles. The Morgan fingerprint density at radius 1 is 1.60 bits per heavy atom. The normalized spacial score (nSPS) is 9.33. The average Bonchev–Trinajstić information content (AvgIpc) is 2.62. The summed E-state index contributed by atoms with van der Waals surface area (Å²) in [4.78, 5) is 22.4. The fraction of sp³-hybridized carbons (Fsp3) is 0.300. The van der Waals surface area contributed by atoms with Crippen molar-refractivity contribution in [1.29, 1.82) is 5.26 Å². The predicted octanol–water partition coefficient (Wildman–Crippen LogP) is 0.330. The van der Waals surface area contributed by atoms with Crippen molar-refractivity contribution in [2.24, 2.45) is 0 Å². The summed E-state index contributed by atoms with van der Waals surface area (Å²) in [6.45, 7) is 1.48. The molecule has 1 rings (SSSR count). The van der Waals surface area contributed by atoms with Crippen LogP contribution in [0.15, 0.2) is 18.3 Å². The summed E-state index contributed by atoms with van der Waals surface area (Å²) in [6.07, 6.45) is 1.66. The fourth-order valence-corrected chi connectivity index (χ4v) is 1.22. The van der Waals surface area contributed by atoms with E-state index in [2.05, 4.69) is 5.32 Å². The van der Waals surface area contributed by atoms with Crippen molar-refractivity contribution in [3.63, 3.8) is 0 Å². The number of carbonyl (C=O) groups excluding carboxylic acids is 2. The lowest BCUT2D eigenvalue weighted by atomic mass is 10.3. The fourth-order valence-electron chi connectivity index (χ4n) is 1.22. The average molecular weight is 205 g/mol. The van der Waals surface area contributed by atoms with Gasteiger partial charge in [-0.05, 0) is 12.1 Å². The van der Waals surface area contributed by atoms with E-state index < -0.39 is 0 Å². The highest BCUT2D eigenvalue weighted by Gasteiger charge is 2.08. The largest absolute Gasteiger partial charge is 0.341 e. The first-order valence-corrected chi connectivity index (χ1v) is 4.45. The molecule has 15 heavy (non-hydrogen) atoms. The number of nitrogens with one attached hydrogen (secondary N) is 1. The second-order valence-corrected chi connectivity index (χ2v) is 3.01. The second-order valence-electron chi connectivity index (χ2n) is 3.01. The van der Waals surface area contributed by atoms with E-state index in [1.807, 2.05) is 6.07 Å². The number of rotatable bonds is 4. The lowest BCUT2D eigenvalue weighted by Crippen LogP contribution is -2.28. The zero-order valence-electron chi connectivity index (χ0n) is 8.36. The molecule has 1 heterocycles. The number of carbonyl (C=O) groups is 2. The van der Waals surface area contributed by atoms with Crippen LogP contribution in [-0.4, -0.2) is 22.8 Å². The van der Waals surface area contributed by atoms with Crippen molar-refractivity contribution in [2.75, 3.05) is 6.54 Å². The Labute approximate surface area is 87.3 Å². The highest BCUT2D eigenvalue weighted by Crippen LogP contribution is 2.02. The SMILES string of the molecule is CC(=O)c1cccn1CC(=O)NCC#N. The van der Waals surface area contributed by atoms with Gasteiger partial charge in [0, 0.05) is 13.1 Å². The Hall–Kier alpha value is -2.09. The van der Waals surface area contributed by atoms with Crippen LogP contribution >= 0.6 is 0 Å². The van der Waals surface area contributed by atoms with Crippen molar-refractivity contribution in [3.05, 3.63) is 24.0 Å². The minimum atomic E-state index is -0.282. The van der Waals surface area contributed by atoms with Crippen molar-refractivity contribution in [3.8, 4) is 6.07 Å². The zero-order valence-corrected chi connectivity index (χ0v) is 8.36. The van der Waals surface area contributed by atoms with E-state index >= 15 is 0 Å². The molecule has 0 radical (unpaired) electrons. The molecule has 1 aromatic rings. The summed E-state index contributed by atoms with van der Waals surface area (Å²) >= 11 is 0. The third kappa shape index (κ3) is 2.95. The number of nitriles is 1. The molecule has 1 amide bonds. The van der Waals surface area contributed by atoms with Gasteiger partial charge in [-0.2, -0.15) is 5.26 Å². The first-order valence-electron chi connectivity index (χ1n) is 4.45. The van der Waals surface area contributed by atoms with Crippen molar-refractivity contribution < 1.29 is 9.59 Å². The van der Waals surface area contributed by atoms with Crippen LogP contribution in [0.3, 0.4) is 0 Å². The van der Waals surface area contributed by atoms with Crippen LogP contribution in [0.1, 0.15) is 17.4 Å². The van der Waals surface area contributed by atoms with E-state index in [9.17, 15) is 9.59 Å². The van der Waals surface area contributed by atoms with E-state index in [-0.39, 0.29) is 24.8 Å². The van der Waals surface area contributed by atoms with Crippen molar-refractivity contribution in [2.45, 2.75) is 13.5 Å². The van der Waals surface area contributed by atoms with E-state index in [1.165, 1.54) is 6.92 Å². The van der Waals surface area contributed by atoms with Crippen LogP contribution in [0, 0.1) is 11.3 Å². The molecule has 5 heteroatoms. The van der Waals surface area contributed by atoms with Crippen LogP contribution in [0.2, 0.25) is 0 Å². The Kier molecular flexibility index (Phi) is 3.63. The van der Waals surface area contributed by atoms with E-state index in [1.54, 1.807) is 22.9 Å². The van der Waals surface area contributed by atoms with Gasteiger partial charge in [-0.15, -0.1) is 0 Å². The molecule has 78 valence electrons. The minimum absolute atomic E-state index is 0.0183. The van der Waals surface area contributed by atoms with E-state index in [0.29, 0.717) is 5.69 Å². The molecule has 0 atom stereocenters. The molecule has 0 aliphatic carbocycles. The number of aromatic nitrogens is 1. The van der Waals surface area contributed by atoms with Crippen LogP contribution in [0.4, 0.5) is 0 Å². The number of amides is 1. The number of nitrogens with zero attached hydrogens (tertiary/aromatic N) is 2. The number of Topliss-reactive ketones (excluding diaryl/α,β-unsaturated/α-hetero) is 1. The van der Waals surface area contributed by atoms with Crippen LogP contribution < -0.4 is 5.32 Å². The molecule has 0 aliphatic rings. The maximum atomic E-state index is 11.2. The third-order valence-electron chi connectivity index (χ3n) is 1.87. The van der Waals surface area contributed by atoms with Gasteiger partial charge in [0.2, 0.25) is 5.91 Å². The van der Waals surface area contributed by atoms with Gasteiger partial charge in [-0.1, -0.05) is 0 Å². The second kappa shape index (κ2) is 4.96. The Bertz CT molecular complexity index is 415. The van der Waals surface area contributed by atoms with Gasteiger partial charge in [0.25, 0.3) is 0 Å². The van der Waals surface area contributed by atoms with Gasteiger partial charge < -0.3 is 9.88 Å². The molecular formula is C10H11N3O2. The Morgan fingerprint density at radius 2 is 2.33 bits per heavy atom. The number of ketones is 1. The first-order chi connectivity index (χ1) is 7.15. The molecule has 1 N–H and O–H groups in total. The summed E-state index contributed by atoms with van der Waals surface area (Å²) in [5.74, 6) is -0.372. The Balaban J connectivity index is 2.65. The molecule has 0 fully saturated rings. The molecule has 0 aromatic carbocycles. The van der Waals surface area contributed by atoms with Gasteiger partial charge in [0.1, 0.15) is 13.1 Å². The molecule has 0 saturated carbocycles. The van der Waals surface area contributed by atoms with Crippen molar-refractivity contribution in [1.82, 2.24) is 9.88 Å². The van der Waals surface area contributed by atoms with E-state index in [4.69, 9.17) is 5.26 Å². The van der Waals surface area contributed by atoms with Gasteiger partial charge in [0.15, 0.2) is 5.78 Å². The Morgan fingerprint density at radius 3 is 2.93 bits per heavy atom. The highest BCUT2D eigenvalue weighted by atomic mass is 16.2. The van der Waals surface area contributed by atoms with Crippen LogP contribution in [0.25, 0.3) is 0 Å². The topological polar surface area (TPSA) is 74.9 Å². The molecule has 5 nitrogen and oxygen atoms in total. The highest BCUT2D eigenvalue weighted by molar-refractivity contribution is 5.93. The lowest BCUT2D eigenvalue weighted by Gasteiger charge is -2.05. The van der Waals surface area contributed by atoms with Gasteiger partial charge in [0.05, 0.1) is 11.8 Å². The molecule has 0 spiro atoms. The zero-order chi connectivity index (χ0) is 11.3. The summed E-state index contributed by atoms with van der Waals surface area (Å²) in [5, 5.41) is 10.7. The molecule has 0 bridgehead atoms. The van der Waals surface area contributed by atoms with Gasteiger partial charge >= 0.3 is 0 Å². The van der Waals surface area contributed by atoms with Crippen LogP contribution in [0.5, 0.6) is 0 Å². The first kappa shape index (κ1) is 11.0.